The molecule has 2 nitrogen and oxygen atoms in total. The third kappa shape index (κ3) is 6.15. The van der Waals surface area contributed by atoms with Crippen LogP contribution in [0.25, 0.3) is 0 Å². The van der Waals surface area contributed by atoms with E-state index < -0.39 is 0 Å². The van der Waals surface area contributed by atoms with Gasteiger partial charge in [-0.25, -0.2) is 0 Å². The van der Waals surface area contributed by atoms with Gasteiger partial charge in [0.15, 0.2) is 0 Å². The summed E-state index contributed by atoms with van der Waals surface area (Å²) in [5.74, 6) is 0.758. The van der Waals surface area contributed by atoms with Crippen LogP contribution in [0.4, 0.5) is 0 Å². The first-order valence-corrected chi connectivity index (χ1v) is 4.53. The Kier molecular flexibility index (Phi) is 6.58. The Labute approximate surface area is 61.1 Å². The number of thioether (sulfide) groups is 1. The van der Waals surface area contributed by atoms with Gasteiger partial charge in [-0.05, 0) is 12.7 Å². The highest BCUT2D eigenvalue weighted by atomic mass is 32.2. The smallest absolute Gasteiger partial charge is 0.0918 e. The van der Waals surface area contributed by atoms with E-state index in [2.05, 4.69) is 6.92 Å². The summed E-state index contributed by atoms with van der Waals surface area (Å²) in [6, 6.07) is 0.220. The van der Waals surface area contributed by atoms with Gasteiger partial charge in [-0.15, -0.1) is 11.8 Å². The molecule has 0 aromatic carbocycles. The van der Waals surface area contributed by atoms with E-state index in [-0.39, 0.29) is 6.04 Å². The highest BCUT2D eigenvalue weighted by Crippen LogP contribution is 1.94. The lowest BCUT2D eigenvalue weighted by atomic mass is 10.3. The second-order valence-corrected chi connectivity index (χ2v) is 2.76. The average Bonchev–Trinajstić information content (AvgIpc) is 1.89. The fourth-order valence-electron chi connectivity index (χ4n) is 0.401. The standard InChI is InChI=1S/C6H15NOS/c1-3-6(7)4-8-5-9-2/h6H,3-5,7H2,1-2H3. The Morgan fingerprint density at radius 1 is 1.67 bits per heavy atom. The van der Waals surface area contributed by atoms with Crippen molar-refractivity contribution in [3.63, 3.8) is 0 Å². The monoisotopic (exact) mass is 149 g/mol. The van der Waals surface area contributed by atoms with E-state index in [4.69, 9.17) is 10.5 Å². The molecule has 2 N–H and O–H groups in total. The van der Waals surface area contributed by atoms with Crippen molar-refractivity contribution >= 4 is 11.8 Å². The third-order valence-electron chi connectivity index (χ3n) is 1.06. The van der Waals surface area contributed by atoms with E-state index in [0.29, 0.717) is 6.61 Å². The topological polar surface area (TPSA) is 35.2 Å². The molecule has 56 valence electrons. The van der Waals surface area contributed by atoms with Gasteiger partial charge in [0.2, 0.25) is 0 Å². The minimum absolute atomic E-state index is 0.220. The number of ether oxygens (including phenoxy) is 1. The van der Waals surface area contributed by atoms with Crippen molar-refractivity contribution in [1.29, 1.82) is 0 Å². The van der Waals surface area contributed by atoms with Crippen molar-refractivity contribution in [2.24, 2.45) is 5.73 Å². The fraction of sp³-hybridized carbons (Fsp3) is 1.00. The fourth-order valence-corrected chi connectivity index (χ4v) is 0.664. The zero-order chi connectivity index (χ0) is 7.11. The van der Waals surface area contributed by atoms with Crippen LogP contribution >= 0.6 is 11.8 Å². The molecule has 0 amide bonds. The van der Waals surface area contributed by atoms with Crippen LogP contribution in [-0.4, -0.2) is 24.8 Å². The summed E-state index contributed by atoms with van der Waals surface area (Å²) in [6.45, 7) is 2.75. The summed E-state index contributed by atoms with van der Waals surface area (Å²) < 4.78 is 5.17. The maximum Gasteiger partial charge on any atom is 0.0918 e. The first-order valence-electron chi connectivity index (χ1n) is 3.13. The molecule has 0 radical (unpaired) electrons. The van der Waals surface area contributed by atoms with Gasteiger partial charge in [-0.3, -0.25) is 0 Å². The van der Waals surface area contributed by atoms with Crippen molar-refractivity contribution in [3.8, 4) is 0 Å². The summed E-state index contributed by atoms with van der Waals surface area (Å²) in [6.07, 6.45) is 3.01. The molecular weight excluding hydrogens is 134 g/mol. The van der Waals surface area contributed by atoms with Crippen LogP contribution in [0.5, 0.6) is 0 Å². The van der Waals surface area contributed by atoms with E-state index in [1.807, 2.05) is 6.26 Å². The molecule has 0 aliphatic rings. The van der Waals surface area contributed by atoms with Gasteiger partial charge >= 0.3 is 0 Å². The largest absolute Gasteiger partial charge is 0.369 e. The molecule has 0 saturated heterocycles. The van der Waals surface area contributed by atoms with Gasteiger partial charge in [0.1, 0.15) is 0 Å². The number of hydrogen-bond acceptors (Lipinski definition) is 3. The summed E-state index contributed by atoms with van der Waals surface area (Å²) >= 11 is 1.68. The molecule has 0 heterocycles. The van der Waals surface area contributed by atoms with Crippen LogP contribution in [-0.2, 0) is 4.74 Å². The van der Waals surface area contributed by atoms with Crippen molar-refractivity contribution in [3.05, 3.63) is 0 Å². The molecule has 0 spiro atoms. The zero-order valence-corrected chi connectivity index (χ0v) is 6.91. The molecule has 3 heteroatoms. The minimum atomic E-state index is 0.220. The Morgan fingerprint density at radius 3 is 2.78 bits per heavy atom. The van der Waals surface area contributed by atoms with Crippen LogP contribution in [0.3, 0.4) is 0 Å². The normalized spacial score (nSPS) is 13.7. The third-order valence-corrected chi connectivity index (χ3v) is 1.46. The molecule has 0 fully saturated rings. The molecule has 1 unspecified atom stereocenters. The maximum absolute atomic E-state index is 5.58. The molecule has 0 bridgehead atoms. The highest BCUT2D eigenvalue weighted by molar-refractivity contribution is 7.98. The molecular formula is C6H15NOS. The van der Waals surface area contributed by atoms with Gasteiger partial charge in [0.25, 0.3) is 0 Å². The minimum Gasteiger partial charge on any atom is -0.369 e. The average molecular weight is 149 g/mol. The molecule has 0 aliphatic heterocycles. The Morgan fingerprint density at radius 2 is 2.33 bits per heavy atom. The van der Waals surface area contributed by atoms with E-state index in [0.717, 1.165) is 12.4 Å². The van der Waals surface area contributed by atoms with Crippen molar-refractivity contribution < 1.29 is 4.74 Å². The second-order valence-electron chi connectivity index (χ2n) is 1.95. The van der Waals surface area contributed by atoms with Crippen LogP contribution < -0.4 is 5.73 Å². The van der Waals surface area contributed by atoms with E-state index in [9.17, 15) is 0 Å². The molecule has 9 heavy (non-hydrogen) atoms. The first-order chi connectivity index (χ1) is 4.31. The van der Waals surface area contributed by atoms with E-state index in [1.165, 1.54) is 0 Å². The predicted octanol–water partition coefficient (Wildman–Crippen LogP) is 1.06. The summed E-state index contributed by atoms with van der Waals surface area (Å²) in [4.78, 5) is 0. The molecule has 0 aliphatic carbocycles. The summed E-state index contributed by atoms with van der Waals surface area (Å²) in [5.41, 5.74) is 5.58. The van der Waals surface area contributed by atoms with Gasteiger partial charge in [0.05, 0.1) is 12.5 Å². The first kappa shape index (κ1) is 9.27. The Balaban J connectivity index is 2.88. The molecule has 0 aromatic heterocycles. The number of nitrogens with two attached hydrogens (primary N) is 1. The van der Waals surface area contributed by atoms with E-state index >= 15 is 0 Å². The zero-order valence-electron chi connectivity index (χ0n) is 6.09. The van der Waals surface area contributed by atoms with Crippen molar-refractivity contribution in [2.75, 3.05) is 18.8 Å². The predicted molar refractivity (Wildman–Crippen MR) is 42.6 cm³/mol. The Bertz CT molecular complexity index is 61.0. The summed E-state index contributed by atoms with van der Waals surface area (Å²) in [7, 11) is 0. The van der Waals surface area contributed by atoms with Gasteiger partial charge < -0.3 is 10.5 Å². The lowest BCUT2D eigenvalue weighted by Gasteiger charge is -2.07. The van der Waals surface area contributed by atoms with Gasteiger partial charge in [-0.1, -0.05) is 6.92 Å². The van der Waals surface area contributed by atoms with Crippen LogP contribution in [0.2, 0.25) is 0 Å². The second kappa shape index (κ2) is 6.39. The Hall–Kier alpha value is 0.270. The molecule has 0 saturated carbocycles. The number of hydrogen-bond donors (Lipinski definition) is 1. The van der Waals surface area contributed by atoms with Crippen LogP contribution in [0, 0.1) is 0 Å². The van der Waals surface area contributed by atoms with Crippen LogP contribution in [0.1, 0.15) is 13.3 Å². The van der Waals surface area contributed by atoms with Crippen molar-refractivity contribution in [2.45, 2.75) is 19.4 Å². The van der Waals surface area contributed by atoms with Gasteiger partial charge in [0, 0.05) is 6.04 Å². The molecule has 1 atom stereocenters. The molecule has 0 aromatic rings. The quantitative estimate of drug-likeness (QED) is 0.469. The van der Waals surface area contributed by atoms with E-state index in [1.54, 1.807) is 11.8 Å². The lowest BCUT2D eigenvalue weighted by Crippen LogP contribution is -2.24. The lowest BCUT2D eigenvalue weighted by molar-refractivity contribution is 0.164. The van der Waals surface area contributed by atoms with Gasteiger partial charge in [-0.2, -0.15) is 0 Å². The number of rotatable bonds is 5. The molecule has 0 rings (SSSR count). The van der Waals surface area contributed by atoms with Crippen LogP contribution in [0.15, 0.2) is 0 Å². The highest BCUT2D eigenvalue weighted by Gasteiger charge is 1.96. The maximum atomic E-state index is 5.58. The summed E-state index contributed by atoms with van der Waals surface area (Å²) in [5, 5.41) is 0. The van der Waals surface area contributed by atoms with Crippen molar-refractivity contribution in [1.82, 2.24) is 0 Å². The SMILES string of the molecule is CCC(N)COCSC.